The predicted octanol–water partition coefficient (Wildman–Crippen LogP) is 4.24. The lowest BCUT2D eigenvalue weighted by atomic mass is 9.95. The predicted molar refractivity (Wildman–Crippen MR) is 125 cm³/mol. The zero-order valence-corrected chi connectivity index (χ0v) is 18.5. The fourth-order valence-electron chi connectivity index (χ4n) is 3.94. The summed E-state index contributed by atoms with van der Waals surface area (Å²) >= 11 is 1.57. The number of hydrogen-bond donors (Lipinski definition) is 2. The van der Waals surface area contributed by atoms with Gasteiger partial charge in [-0.15, -0.1) is 11.3 Å². The first-order chi connectivity index (χ1) is 15.3. The zero-order chi connectivity index (χ0) is 22.5. The Balaban J connectivity index is 1.41. The molecule has 0 saturated carbocycles. The number of nitrogen functional groups attached to an aromatic ring is 1. The summed E-state index contributed by atoms with van der Waals surface area (Å²) in [5, 5.41) is 15.5. The Bertz CT molecular complexity index is 1370. The van der Waals surface area contributed by atoms with Crippen molar-refractivity contribution in [3.63, 3.8) is 0 Å². The number of fused-ring (bicyclic) bond motifs is 4. The SMILES string of the molecule is CC1(C)Cc2nc3sc4c(NCCc5ccc(N)c([N+](=O)[O-])c5)ncnc4c3cc2CO1. The molecule has 4 aromatic rings. The van der Waals surface area contributed by atoms with Crippen LogP contribution in [-0.2, 0) is 24.2 Å². The van der Waals surface area contributed by atoms with Crippen molar-refractivity contribution in [3.8, 4) is 0 Å². The van der Waals surface area contributed by atoms with Crippen molar-refractivity contribution in [2.75, 3.05) is 17.6 Å². The molecule has 0 saturated heterocycles. The minimum atomic E-state index is -0.462. The van der Waals surface area contributed by atoms with Crippen LogP contribution in [0.5, 0.6) is 0 Å². The summed E-state index contributed by atoms with van der Waals surface area (Å²) in [5.74, 6) is 0.734. The zero-order valence-electron chi connectivity index (χ0n) is 17.7. The van der Waals surface area contributed by atoms with Crippen LogP contribution in [0.1, 0.15) is 30.7 Å². The molecule has 1 aromatic carbocycles. The van der Waals surface area contributed by atoms with Crippen molar-refractivity contribution < 1.29 is 9.66 Å². The van der Waals surface area contributed by atoms with E-state index in [1.54, 1.807) is 29.8 Å². The number of ether oxygens (including phenoxy) is 1. The minimum absolute atomic E-state index is 0.0707. The molecule has 0 aliphatic carbocycles. The van der Waals surface area contributed by atoms with Crippen LogP contribution >= 0.6 is 11.3 Å². The highest BCUT2D eigenvalue weighted by Gasteiger charge is 2.28. The van der Waals surface area contributed by atoms with Gasteiger partial charge in [0.05, 0.1) is 33.0 Å². The van der Waals surface area contributed by atoms with E-state index in [2.05, 4.69) is 35.2 Å². The van der Waals surface area contributed by atoms with E-state index in [4.69, 9.17) is 15.5 Å². The van der Waals surface area contributed by atoms with E-state index in [1.807, 2.05) is 0 Å². The first kappa shape index (κ1) is 20.5. The molecule has 0 fully saturated rings. The van der Waals surface area contributed by atoms with Crippen molar-refractivity contribution >= 4 is 49.0 Å². The minimum Gasteiger partial charge on any atom is -0.393 e. The van der Waals surface area contributed by atoms with Gasteiger partial charge in [0.15, 0.2) is 0 Å². The number of rotatable bonds is 5. The van der Waals surface area contributed by atoms with E-state index in [-0.39, 0.29) is 17.0 Å². The van der Waals surface area contributed by atoms with Gasteiger partial charge in [0.2, 0.25) is 0 Å². The Morgan fingerprint density at radius 1 is 1.31 bits per heavy atom. The molecule has 3 aromatic heterocycles. The van der Waals surface area contributed by atoms with E-state index < -0.39 is 4.92 Å². The number of nitrogens with two attached hydrogens (primary N) is 1. The first-order valence-corrected chi connectivity index (χ1v) is 11.1. The maximum absolute atomic E-state index is 11.1. The molecular formula is C22H22N6O3S. The van der Waals surface area contributed by atoms with Crippen molar-refractivity contribution in [3.05, 3.63) is 57.5 Å². The monoisotopic (exact) mass is 450 g/mol. The third kappa shape index (κ3) is 3.71. The van der Waals surface area contributed by atoms with Gasteiger partial charge in [-0.05, 0) is 38.0 Å². The number of nitrogens with one attached hydrogen (secondary N) is 1. The molecule has 0 amide bonds. The van der Waals surface area contributed by atoms with Gasteiger partial charge in [-0.2, -0.15) is 0 Å². The number of benzene rings is 1. The number of anilines is 2. The topological polar surface area (TPSA) is 129 Å². The van der Waals surface area contributed by atoms with Crippen LogP contribution in [-0.4, -0.2) is 32.0 Å². The number of hydrogen-bond acceptors (Lipinski definition) is 9. The lowest BCUT2D eigenvalue weighted by Gasteiger charge is -2.30. The molecule has 4 heterocycles. The fraction of sp³-hybridized carbons (Fsp3) is 0.318. The molecule has 1 aliphatic heterocycles. The van der Waals surface area contributed by atoms with Crippen LogP contribution < -0.4 is 11.1 Å². The number of pyridine rings is 1. The Morgan fingerprint density at radius 2 is 2.16 bits per heavy atom. The van der Waals surface area contributed by atoms with E-state index in [1.165, 1.54) is 6.07 Å². The maximum Gasteiger partial charge on any atom is 0.292 e. The highest BCUT2D eigenvalue weighted by Crippen LogP contribution is 2.38. The summed E-state index contributed by atoms with van der Waals surface area (Å²) in [6, 6.07) is 7.03. The summed E-state index contributed by atoms with van der Waals surface area (Å²) in [4.78, 5) is 25.4. The van der Waals surface area contributed by atoms with Gasteiger partial charge in [0.25, 0.3) is 5.69 Å². The quantitative estimate of drug-likeness (QED) is 0.262. The molecule has 0 atom stereocenters. The van der Waals surface area contributed by atoms with Crippen molar-refractivity contribution in [1.29, 1.82) is 0 Å². The van der Waals surface area contributed by atoms with E-state index in [9.17, 15) is 10.1 Å². The van der Waals surface area contributed by atoms with Gasteiger partial charge in [-0.1, -0.05) is 6.07 Å². The molecule has 1 aliphatic rings. The number of nitro benzene ring substituents is 1. The largest absolute Gasteiger partial charge is 0.393 e. The molecule has 5 rings (SSSR count). The van der Waals surface area contributed by atoms with Gasteiger partial charge in [0, 0.05) is 30.0 Å². The van der Waals surface area contributed by atoms with E-state index in [0.717, 1.165) is 49.5 Å². The van der Waals surface area contributed by atoms with Gasteiger partial charge in [0.1, 0.15) is 22.7 Å². The second-order valence-electron chi connectivity index (χ2n) is 8.50. The molecule has 10 heteroatoms. The molecule has 0 radical (unpaired) electrons. The molecule has 32 heavy (non-hydrogen) atoms. The molecule has 0 unspecified atom stereocenters. The van der Waals surface area contributed by atoms with Crippen LogP contribution in [0.4, 0.5) is 17.2 Å². The van der Waals surface area contributed by atoms with Crippen LogP contribution in [0, 0.1) is 10.1 Å². The van der Waals surface area contributed by atoms with E-state index >= 15 is 0 Å². The highest BCUT2D eigenvalue weighted by atomic mass is 32.1. The molecule has 164 valence electrons. The number of thiophene rings is 1. The van der Waals surface area contributed by atoms with Gasteiger partial charge < -0.3 is 15.8 Å². The standard InChI is InChI=1S/C22H22N6O3S/c1-22(2)9-16-13(10-31-22)8-14-18-19(32-21(14)27-16)20(26-11-25-18)24-6-5-12-3-4-15(23)17(7-12)28(29)30/h3-4,7-8,11H,5-6,9-10,23H2,1-2H3,(H,24,25,26). The maximum atomic E-state index is 11.1. The Hall–Kier alpha value is -3.37. The fourth-order valence-corrected chi connectivity index (χ4v) is 5.04. The number of nitrogens with zero attached hydrogens (tertiary/aromatic N) is 4. The summed E-state index contributed by atoms with van der Waals surface area (Å²) in [5.41, 5.74) is 9.44. The van der Waals surface area contributed by atoms with Crippen LogP contribution in [0.15, 0.2) is 30.6 Å². The van der Waals surface area contributed by atoms with Gasteiger partial charge in [-0.25, -0.2) is 15.0 Å². The summed E-state index contributed by atoms with van der Waals surface area (Å²) in [6.45, 7) is 5.27. The van der Waals surface area contributed by atoms with Crippen molar-refractivity contribution in [2.45, 2.75) is 38.9 Å². The van der Waals surface area contributed by atoms with Crippen LogP contribution in [0.3, 0.4) is 0 Å². The number of aromatic nitrogens is 3. The molecule has 9 nitrogen and oxygen atoms in total. The summed E-state index contributed by atoms with van der Waals surface area (Å²) in [7, 11) is 0. The lowest BCUT2D eigenvalue weighted by molar-refractivity contribution is -0.384. The average Bonchev–Trinajstić information content (AvgIpc) is 3.11. The smallest absolute Gasteiger partial charge is 0.292 e. The average molecular weight is 451 g/mol. The Kier molecular flexibility index (Phi) is 4.90. The van der Waals surface area contributed by atoms with Crippen molar-refractivity contribution in [1.82, 2.24) is 15.0 Å². The van der Waals surface area contributed by atoms with Crippen LogP contribution in [0.25, 0.3) is 20.4 Å². The third-order valence-electron chi connectivity index (χ3n) is 5.62. The molecule has 0 spiro atoms. The van der Waals surface area contributed by atoms with Gasteiger partial charge >= 0.3 is 0 Å². The van der Waals surface area contributed by atoms with E-state index in [0.29, 0.717) is 19.6 Å². The van der Waals surface area contributed by atoms with Gasteiger partial charge in [-0.3, -0.25) is 10.1 Å². The Labute approximate surface area is 187 Å². The summed E-state index contributed by atoms with van der Waals surface area (Å²) in [6.07, 6.45) is 2.91. The Morgan fingerprint density at radius 3 is 2.97 bits per heavy atom. The van der Waals surface area contributed by atoms with Crippen molar-refractivity contribution in [2.24, 2.45) is 0 Å². The number of nitro groups is 1. The first-order valence-electron chi connectivity index (χ1n) is 10.3. The molecular weight excluding hydrogens is 428 g/mol. The summed E-state index contributed by atoms with van der Waals surface area (Å²) < 4.78 is 6.89. The molecule has 0 bridgehead atoms. The third-order valence-corrected chi connectivity index (χ3v) is 6.72. The highest BCUT2D eigenvalue weighted by molar-refractivity contribution is 7.25. The van der Waals surface area contributed by atoms with Crippen LogP contribution in [0.2, 0.25) is 0 Å². The molecule has 3 N–H and O–H groups in total. The second kappa shape index (κ2) is 7.64. The lowest BCUT2D eigenvalue weighted by Crippen LogP contribution is -2.32. The second-order valence-corrected chi connectivity index (χ2v) is 9.50. The normalized spacial score (nSPS) is 15.1.